The van der Waals surface area contributed by atoms with E-state index in [1.807, 2.05) is 6.26 Å². The molecule has 1 heterocycles. The highest BCUT2D eigenvalue weighted by molar-refractivity contribution is 5.52. The summed E-state index contributed by atoms with van der Waals surface area (Å²) in [6.07, 6.45) is 7.70. The lowest BCUT2D eigenvalue weighted by Gasteiger charge is -2.22. The standard InChI is InChI=1S/C12H15O/c1-4-9-7-12(2,3)11-8-13-6-5-10(9)11/h5-6,8H,1,4,7H2,2-3H3. The van der Waals surface area contributed by atoms with Crippen molar-refractivity contribution in [1.29, 1.82) is 0 Å². The molecule has 2 rings (SSSR count). The fraction of sp³-hybridized carbons (Fsp3) is 0.417. The van der Waals surface area contributed by atoms with E-state index >= 15 is 0 Å². The Morgan fingerprint density at radius 3 is 3.00 bits per heavy atom. The quantitative estimate of drug-likeness (QED) is 0.593. The normalized spacial score (nSPS) is 24.1. The van der Waals surface area contributed by atoms with Crippen molar-refractivity contribution in [3.8, 4) is 0 Å². The van der Waals surface area contributed by atoms with Crippen LogP contribution in [0.5, 0.6) is 0 Å². The van der Waals surface area contributed by atoms with Crippen molar-refractivity contribution >= 4 is 0 Å². The van der Waals surface area contributed by atoms with Gasteiger partial charge in [0.05, 0.1) is 12.5 Å². The van der Waals surface area contributed by atoms with Gasteiger partial charge in [-0.05, 0) is 36.8 Å². The third-order valence-corrected chi connectivity index (χ3v) is 2.86. The van der Waals surface area contributed by atoms with Gasteiger partial charge in [0.1, 0.15) is 0 Å². The van der Waals surface area contributed by atoms with Crippen LogP contribution in [0.3, 0.4) is 0 Å². The molecular weight excluding hydrogens is 160 g/mol. The van der Waals surface area contributed by atoms with Crippen LogP contribution in [0, 0.1) is 12.3 Å². The predicted molar refractivity (Wildman–Crippen MR) is 53.7 cm³/mol. The van der Waals surface area contributed by atoms with Gasteiger partial charge in [0.25, 0.3) is 0 Å². The Kier molecular flexibility index (Phi) is 1.83. The zero-order chi connectivity index (χ0) is 9.47. The molecule has 0 atom stereocenters. The zero-order valence-corrected chi connectivity index (χ0v) is 8.26. The number of hydrogen-bond acceptors (Lipinski definition) is 1. The molecule has 0 spiro atoms. The highest BCUT2D eigenvalue weighted by atomic mass is 16.5. The van der Waals surface area contributed by atoms with Gasteiger partial charge in [-0.3, -0.25) is 0 Å². The first-order valence-electron chi connectivity index (χ1n) is 4.69. The van der Waals surface area contributed by atoms with E-state index in [1.165, 1.54) is 16.7 Å². The minimum Gasteiger partial charge on any atom is -0.472 e. The molecular formula is C12H15O. The summed E-state index contributed by atoms with van der Waals surface area (Å²) in [6.45, 7) is 8.47. The second kappa shape index (κ2) is 2.76. The van der Waals surface area contributed by atoms with Gasteiger partial charge in [-0.15, -0.1) is 0 Å². The topological polar surface area (TPSA) is 9.23 Å². The largest absolute Gasteiger partial charge is 0.472 e. The number of fused-ring (bicyclic) bond motifs is 1. The summed E-state index contributed by atoms with van der Waals surface area (Å²) in [7, 11) is 0. The molecule has 1 aliphatic carbocycles. The molecule has 2 aliphatic rings. The summed E-state index contributed by atoms with van der Waals surface area (Å²) < 4.78 is 5.21. The van der Waals surface area contributed by atoms with Crippen LogP contribution < -0.4 is 0 Å². The second-order valence-corrected chi connectivity index (χ2v) is 4.30. The number of allylic oxidation sites excluding steroid dienone is 4. The van der Waals surface area contributed by atoms with Crippen LogP contribution in [-0.2, 0) is 4.74 Å². The number of rotatable bonds is 1. The summed E-state index contributed by atoms with van der Waals surface area (Å²) in [4.78, 5) is 0. The lowest BCUT2D eigenvalue weighted by Crippen LogP contribution is -2.10. The molecule has 0 aromatic heterocycles. The van der Waals surface area contributed by atoms with Crippen molar-refractivity contribution in [2.75, 3.05) is 0 Å². The maximum atomic E-state index is 5.21. The average molecular weight is 175 g/mol. The molecule has 69 valence electrons. The first-order chi connectivity index (χ1) is 6.15. The van der Waals surface area contributed by atoms with Gasteiger partial charge >= 0.3 is 0 Å². The van der Waals surface area contributed by atoms with E-state index < -0.39 is 0 Å². The monoisotopic (exact) mass is 175 g/mol. The lowest BCUT2D eigenvalue weighted by atomic mass is 9.84. The number of hydrogen-bond donors (Lipinski definition) is 0. The van der Waals surface area contributed by atoms with Crippen LogP contribution in [-0.4, -0.2) is 0 Å². The van der Waals surface area contributed by atoms with Crippen molar-refractivity contribution in [2.24, 2.45) is 5.41 Å². The van der Waals surface area contributed by atoms with Crippen LogP contribution in [0.1, 0.15) is 26.7 Å². The molecule has 1 aliphatic heterocycles. The molecule has 0 aromatic rings. The van der Waals surface area contributed by atoms with E-state index in [9.17, 15) is 0 Å². The van der Waals surface area contributed by atoms with E-state index in [2.05, 4.69) is 26.8 Å². The SMILES string of the molecule is [CH2]CC1=C2C=COC=C2C(C)(C)C1. The van der Waals surface area contributed by atoms with Gasteiger partial charge in [0, 0.05) is 5.57 Å². The van der Waals surface area contributed by atoms with E-state index in [4.69, 9.17) is 4.74 Å². The summed E-state index contributed by atoms with van der Waals surface area (Å²) in [5.74, 6) is 0. The molecule has 1 radical (unpaired) electrons. The molecule has 0 aromatic carbocycles. The molecule has 1 heteroatoms. The van der Waals surface area contributed by atoms with Gasteiger partial charge in [-0.2, -0.15) is 0 Å². The Morgan fingerprint density at radius 2 is 2.31 bits per heavy atom. The fourth-order valence-corrected chi connectivity index (χ4v) is 2.15. The second-order valence-electron chi connectivity index (χ2n) is 4.30. The molecule has 0 saturated heterocycles. The summed E-state index contributed by atoms with van der Waals surface area (Å²) in [6, 6.07) is 0. The van der Waals surface area contributed by atoms with E-state index in [0.717, 1.165) is 12.8 Å². The summed E-state index contributed by atoms with van der Waals surface area (Å²) in [5, 5.41) is 0. The Balaban J connectivity index is 2.45. The van der Waals surface area contributed by atoms with Gasteiger partial charge in [0.15, 0.2) is 0 Å². The van der Waals surface area contributed by atoms with Crippen LogP contribution >= 0.6 is 0 Å². The first-order valence-corrected chi connectivity index (χ1v) is 4.69. The summed E-state index contributed by atoms with van der Waals surface area (Å²) in [5.41, 5.74) is 4.36. The Bertz CT molecular complexity index is 316. The molecule has 0 N–H and O–H groups in total. The average Bonchev–Trinajstić information content (AvgIpc) is 2.39. The van der Waals surface area contributed by atoms with Crippen molar-refractivity contribution in [2.45, 2.75) is 26.7 Å². The maximum absolute atomic E-state index is 5.21. The number of ether oxygens (including phenoxy) is 1. The van der Waals surface area contributed by atoms with Gasteiger partial charge in [0.2, 0.25) is 0 Å². The van der Waals surface area contributed by atoms with Crippen molar-refractivity contribution < 1.29 is 4.74 Å². The van der Waals surface area contributed by atoms with Crippen molar-refractivity contribution in [1.82, 2.24) is 0 Å². The third kappa shape index (κ3) is 1.23. The molecule has 1 nitrogen and oxygen atoms in total. The highest BCUT2D eigenvalue weighted by Gasteiger charge is 2.35. The third-order valence-electron chi connectivity index (χ3n) is 2.86. The minimum atomic E-state index is 0.229. The predicted octanol–water partition coefficient (Wildman–Crippen LogP) is 3.36. The Morgan fingerprint density at radius 1 is 1.54 bits per heavy atom. The minimum absolute atomic E-state index is 0.229. The van der Waals surface area contributed by atoms with Crippen molar-refractivity contribution in [3.63, 3.8) is 0 Å². The fourth-order valence-electron chi connectivity index (χ4n) is 2.15. The highest BCUT2D eigenvalue weighted by Crippen LogP contribution is 2.48. The van der Waals surface area contributed by atoms with E-state index in [0.29, 0.717) is 0 Å². The molecule has 0 saturated carbocycles. The van der Waals surface area contributed by atoms with Crippen LogP contribution in [0.2, 0.25) is 0 Å². The molecule has 0 fully saturated rings. The molecule has 0 bridgehead atoms. The van der Waals surface area contributed by atoms with Crippen LogP contribution in [0.4, 0.5) is 0 Å². The van der Waals surface area contributed by atoms with Gasteiger partial charge in [-0.1, -0.05) is 19.4 Å². The summed E-state index contributed by atoms with van der Waals surface area (Å²) >= 11 is 0. The first kappa shape index (κ1) is 8.61. The molecule has 0 unspecified atom stereocenters. The zero-order valence-electron chi connectivity index (χ0n) is 8.26. The Hall–Kier alpha value is -0.980. The van der Waals surface area contributed by atoms with E-state index in [1.54, 1.807) is 6.26 Å². The van der Waals surface area contributed by atoms with Gasteiger partial charge in [-0.25, -0.2) is 0 Å². The van der Waals surface area contributed by atoms with Crippen LogP contribution in [0.25, 0.3) is 0 Å². The maximum Gasteiger partial charge on any atom is 0.0944 e. The van der Waals surface area contributed by atoms with Gasteiger partial charge < -0.3 is 4.74 Å². The lowest BCUT2D eigenvalue weighted by molar-refractivity contribution is 0.369. The van der Waals surface area contributed by atoms with Crippen LogP contribution in [0.15, 0.2) is 35.3 Å². The molecule has 13 heavy (non-hydrogen) atoms. The Labute approximate surface area is 79.8 Å². The molecule has 0 amide bonds. The van der Waals surface area contributed by atoms with Crippen molar-refractivity contribution in [3.05, 3.63) is 42.2 Å². The smallest absolute Gasteiger partial charge is 0.0944 e. The van der Waals surface area contributed by atoms with E-state index in [-0.39, 0.29) is 5.41 Å².